The lowest BCUT2D eigenvalue weighted by Gasteiger charge is -2.17. The molecule has 0 spiro atoms. The Bertz CT molecular complexity index is 741. The molecular formula is C18H19Cl2NO5. The number of rotatable bonds is 4. The highest BCUT2D eigenvalue weighted by atomic mass is 35.7. The van der Waals surface area contributed by atoms with Gasteiger partial charge in [-0.1, -0.05) is 48.0 Å². The molecule has 0 unspecified atom stereocenters. The van der Waals surface area contributed by atoms with Crippen LogP contribution in [0.25, 0.3) is 16.2 Å². The Balaban J connectivity index is 0.000000597. The van der Waals surface area contributed by atoms with Gasteiger partial charge in [0.15, 0.2) is 6.21 Å². The molecule has 0 heterocycles. The molecule has 0 aliphatic rings. The highest BCUT2D eigenvalue weighted by Gasteiger charge is 2.01. The summed E-state index contributed by atoms with van der Waals surface area (Å²) in [6, 6.07) is 16.2. The van der Waals surface area contributed by atoms with E-state index in [0.29, 0.717) is 0 Å². The number of hydrogen-bond donors (Lipinski definition) is 0. The van der Waals surface area contributed by atoms with Crippen molar-refractivity contribution in [3.05, 3.63) is 60.2 Å². The third kappa shape index (κ3) is 8.96. The Labute approximate surface area is 159 Å². The summed E-state index contributed by atoms with van der Waals surface area (Å²) in [6.07, 6.45) is 3.82. The van der Waals surface area contributed by atoms with Crippen molar-refractivity contribution in [1.29, 1.82) is 0 Å². The minimum Gasteiger partial charge on any atom is -0.497 e. The smallest absolute Gasteiger partial charge is 0.164 e. The highest BCUT2D eigenvalue weighted by molar-refractivity contribution is 6.49. The van der Waals surface area contributed by atoms with Crippen molar-refractivity contribution in [3.63, 3.8) is 0 Å². The molecule has 0 saturated carbocycles. The molecule has 0 aliphatic heterocycles. The fourth-order valence-electron chi connectivity index (χ4n) is 1.92. The quantitative estimate of drug-likeness (QED) is 0.510. The van der Waals surface area contributed by atoms with Crippen molar-refractivity contribution in [1.82, 2.24) is 0 Å². The van der Waals surface area contributed by atoms with Gasteiger partial charge in [0.2, 0.25) is 0 Å². The fourth-order valence-corrected chi connectivity index (χ4v) is 2.10. The van der Waals surface area contributed by atoms with Crippen LogP contribution < -0.4 is 23.4 Å². The first-order valence-electron chi connectivity index (χ1n) is 7.34. The molecular weight excluding hydrogens is 381 g/mol. The zero-order chi connectivity index (χ0) is 19.7. The van der Waals surface area contributed by atoms with Crippen LogP contribution in [0.15, 0.2) is 54.6 Å². The van der Waals surface area contributed by atoms with Crippen LogP contribution in [0.4, 0.5) is 0 Å². The van der Waals surface area contributed by atoms with E-state index in [1.54, 1.807) is 7.11 Å². The van der Waals surface area contributed by atoms with Gasteiger partial charge in [0.25, 0.3) is 0 Å². The van der Waals surface area contributed by atoms with Gasteiger partial charge in [-0.3, -0.25) is 0 Å². The van der Waals surface area contributed by atoms with Gasteiger partial charge in [0, 0.05) is 6.08 Å². The Morgan fingerprint density at radius 1 is 0.923 bits per heavy atom. The molecule has 0 N–H and O–H groups in total. The van der Waals surface area contributed by atoms with Crippen LogP contribution in [-0.2, 0) is 0 Å². The number of nitrogens with zero attached hydrogens (tertiary/aromatic N) is 1. The van der Waals surface area contributed by atoms with E-state index in [4.69, 9.17) is 35.0 Å². The molecule has 0 atom stereocenters. The Morgan fingerprint density at radius 2 is 1.35 bits per heavy atom. The standard InChI is InChI=1S/C18H19ClNO.ClHO4/c1-20(2)13-12-18(19)16-6-4-14(5-7-16)15-8-10-17(21-3)11-9-15;2-1(3,4)5/h4-13H,1-3H3;(H,2,3,4,5)/q+1;/p-1/b18-12-;. The Morgan fingerprint density at radius 3 is 1.73 bits per heavy atom. The summed E-state index contributed by atoms with van der Waals surface area (Å²) in [7, 11) is 0.657. The number of allylic oxidation sites excluding steroid dienone is 1. The minimum absolute atomic E-state index is 0.727. The van der Waals surface area contributed by atoms with E-state index < -0.39 is 10.2 Å². The van der Waals surface area contributed by atoms with Gasteiger partial charge >= 0.3 is 0 Å². The first-order valence-corrected chi connectivity index (χ1v) is 8.95. The predicted molar refractivity (Wildman–Crippen MR) is 90.4 cm³/mol. The van der Waals surface area contributed by atoms with Crippen LogP contribution >= 0.6 is 11.6 Å². The van der Waals surface area contributed by atoms with Crippen LogP contribution in [0, 0.1) is 10.2 Å². The third-order valence-corrected chi connectivity index (χ3v) is 3.45. The zero-order valence-electron chi connectivity index (χ0n) is 14.5. The van der Waals surface area contributed by atoms with Crippen molar-refractivity contribution in [2.45, 2.75) is 0 Å². The Kier molecular flexibility index (Phi) is 8.74. The van der Waals surface area contributed by atoms with Gasteiger partial charge in [-0.25, -0.2) is 23.2 Å². The summed E-state index contributed by atoms with van der Waals surface area (Å²) in [5, 5.41) is 0.727. The highest BCUT2D eigenvalue weighted by Crippen LogP contribution is 2.25. The second kappa shape index (κ2) is 10.3. The van der Waals surface area contributed by atoms with E-state index in [2.05, 4.69) is 12.1 Å². The van der Waals surface area contributed by atoms with Gasteiger partial charge < -0.3 is 4.74 Å². The van der Waals surface area contributed by atoms with Crippen molar-refractivity contribution in [3.8, 4) is 16.9 Å². The van der Waals surface area contributed by atoms with Crippen LogP contribution in [0.2, 0.25) is 0 Å². The fraction of sp³-hybridized carbons (Fsp3) is 0.167. The third-order valence-electron chi connectivity index (χ3n) is 3.10. The van der Waals surface area contributed by atoms with E-state index in [9.17, 15) is 0 Å². The van der Waals surface area contributed by atoms with Gasteiger partial charge in [-0.15, -0.1) is 10.2 Å². The van der Waals surface area contributed by atoms with Crippen LogP contribution in [0.1, 0.15) is 5.56 Å². The molecule has 6 nitrogen and oxygen atoms in total. The van der Waals surface area contributed by atoms with E-state index in [1.807, 2.05) is 67.4 Å². The Hall–Kier alpha value is -1.93. The lowest BCUT2D eigenvalue weighted by atomic mass is 10.0. The van der Waals surface area contributed by atoms with Gasteiger partial charge in [0.05, 0.1) is 12.1 Å². The number of halogens is 2. The molecule has 26 heavy (non-hydrogen) atoms. The summed E-state index contributed by atoms with van der Waals surface area (Å²) in [4.78, 5) is 0. The molecule has 0 radical (unpaired) electrons. The van der Waals surface area contributed by atoms with Gasteiger partial charge in [-0.2, -0.15) is 0 Å². The summed E-state index contributed by atoms with van der Waals surface area (Å²) in [6.45, 7) is 0. The van der Waals surface area contributed by atoms with E-state index in [0.717, 1.165) is 27.5 Å². The average Bonchev–Trinajstić information content (AvgIpc) is 2.58. The van der Waals surface area contributed by atoms with Crippen molar-refractivity contribution in [2.24, 2.45) is 0 Å². The summed E-state index contributed by atoms with van der Waals surface area (Å²) < 4.78 is 41.1. The monoisotopic (exact) mass is 399 g/mol. The normalized spacial score (nSPS) is 11.3. The number of benzene rings is 2. The maximum absolute atomic E-state index is 8.49. The molecule has 0 saturated heterocycles. The van der Waals surface area contributed by atoms with Crippen LogP contribution in [0.5, 0.6) is 5.75 Å². The molecule has 0 aromatic heterocycles. The second-order valence-electron chi connectivity index (χ2n) is 5.31. The van der Waals surface area contributed by atoms with Crippen molar-refractivity contribution < 1.29 is 38.2 Å². The molecule has 8 heteroatoms. The molecule has 2 aromatic carbocycles. The second-order valence-corrected chi connectivity index (χ2v) is 6.47. The maximum atomic E-state index is 8.49. The van der Waals surface area contributed by atoms with Crippen LogP contribution in [-0.4, -0.2) is 32.0 Å². The number of hydrogen-bond acceptors (Lipinski definition) is 5. The van der Waals surface area contributed by atoms with E-state index in [-0.39, 0.29) is 0 Å². The number of ether oxygens (including phenoxy) is 1. The van der Waals surface area contributed by atoms with E-state index >= 15 is 0 Å². The first-order chi connectivity index (χ1) is 12.1. The molecule has 2 aromatic rings. The van der Waals surface area contributed by atoms with Crippen molar-refractivity contribution in [2.75, 3.05) is 21.2 Å². The first kappa shape index (κ1) is 22.1. The molecule has 0 amide bonds. The van der Waals surface area contributed by atoms with Crippen molar-refractivity contribution >= 4 is 22.8 Å². The predicted octanol–water partition coefficient (Wildman–Crippen LogP) is -0.471. The average molecular weight is 400 g/mol. The molecule has 0 aliphatic carbocycles. The molecule has 0 fully saturated rings. The summed E-state index contributed by atoms with van der Waals surface area (Å²) in [5.74, 6) is 0.862. The van der Waals surface area contributed by atoms with Crippen LogP contribution in [0.3, 0.4) is 0 Å². The van der Waals surface area contributed by atoms with Gasteiger partial charge in [-0.05, 0) is 28.8 Å². The topological polar surface area (TPSA) is 104 Å². The largest absolute Gasteiger partial charge is 0.497 e. The summed E-state index contributed by atoms with van der Waals surface area (Å²) >= 11 is 6.27. The molecule has 140 valence electrons. The maximum Gasteiger partial charge on any atom is 0.164 e. The lowest BCUT2D eigenvalue weighted by molar-refractivity contribution is -2.00. The summed E-state index contributed by atoms with van der Waals surface area (Å²) in [5.41, 5.74) is 3.32. The number of methoxy groups -OCH3 is 1. The SMILES string of the molecule is COc1ccc(-c2ccc(/C(Cl)=C/C=[N+](C)C)cc2)cc1.[O-][Cl+3]([O-])([O-])[O-]. The zero-order valence-corrected chi connectivity index (χ0v) is 16.0. The molecule has 2 rings (SSSR count). The molecule has 0 bridgehead atoms. The van der Waals surface area contributed by atoms with Gasteiger partial charge in [0.1, 0.15) is 19.8 Å². The lowest BCUT2D eigenvalue weighted by Crippen LogP contribution is -2.68. The van der Waals surface area contributed by atoms with E-state index in [1.165, 1.54) is 0 Å². The minimum atomic E-state index is -4.94.